The summed E-state index contributed by atoms with van der Waals surface area (Å²) in [7, 11) is 0. The Kier molecular flexibility index (Phi) is 16.1. The summed E-state index contributed by atoms with van der Waals surface area (Å²) in [6.07, 6.45) is 12.0. The topological polar surface area (TPSA) is 18.5 Å². The normalized spacial score (nSPS) is 10.6. The first-order valence-corrected chi connectivity index (χ1v) is 8.54. The lowest BCUT2D eigenvalue weighted by molar-refractivity contribution is -0.140. The molecule has 0 aromatic rings. The van der Waals surface area contributed by atoms with E-state index in [-0.39, 0.29) is 6.29 Å². The summed E-state index contributed by atoms with van der Waals surface area (Å²) in [4.78, 5) is 0. The molecule has 2 heteroatoms. The van der Waals surface area contributed by atoms with Crippen LogP contribution in [0.5, 0.6) is 0 Å². The van der Waals surface area contributed by atoms with Gasteiger partial charge in [-0.3, -0.25) is 0 Å². The van der Waals surface area contributed by atoms with E-state index in [4.69, 9.17) is 9.47 Å². The lowest BCUT2D eigenvalue weighted by Crippen LogP contribution is -2.17. The second kappa shape index (κ2) is 16.5. The Morgan fingerprint density at radius 3 is 1.85 bits per heavy atom. The molecule has 0 aromatic carbocycles. The van der Waals surface area contributed by atoms with Crippen molar-refractivity contribution in [1.29, 1.82) is 0 Å². The first kappa shape index (κ1) is 19.5. The van der Waals surface area contributed by atoms with Crippen LogP contribution in [0.25, 0.3) is 0 Å². The van der Waals surface area contributed by atoms with E-state index in [2.05, 4.69) is 18.8 Å². The third kappa shape index (κ3) is 13.9. The van der Waals surface area contributed by atoms with Crippen molar-refractivity contribution in [1.82, 2.24) is 0 Å². The van der Waals surface area contributed by atoms with Gasteiger partial charge in [0.2, 0.25) is 0 Å². The standard InChI is InChI=1S/C18H34O2/c1-4-7-8-9-10-11-12-13-14-15-16-17-18(19-5-2)20-6-3/h18H,4-8,11-17H2,1-3H3. The fraction of sp³-hybridized carbons (Fsp3) is 0.889. The minimum atomic E-state index is 0.00873. The zero-order chi connectivity index (χ0) is 14.9. The maximum absolute atomic E-state index is 5.53. The van der Waals surface area contributed by atoms with Gasteiger partial charge in [0.25, 0.3) is 0 Å². The van der Waals surface area contributed by atoms with E-state index >= 15 is 0 Å². The highest BCUT2D eigenvalue weighted by Gasteiger charge is 2.06. The van der Waals surface area contributed by atoms with Gasteiger partial charge in [0, 0.05) is 26.1 Å². The zero-order valence-corrected chi connectivity index (χ0v) is 13.9. The van der Waals surface area contributed by atoms with Crippen molar-refractivity contribution in [3.05, 3.63) is 0 Å². The van der Waals surface area contributed by atoms with Gasteiger partial charge in [0.15, 0.2) is 6.29 Å². The van der Waals surface area contributed by atoms with Crippen LogP contribution < -0.4 is 0 Å². The summed E-state index contributed by atoms with van der Waals surface area (Å²) >= 11 is 0. The average Bonchev–Trinajstić information content (AvgIpc) is 2.45. The van der Waals surface area contributed by atoms with E-state index < -0.39 is 0 Å². The van der Waals surface area contributed by atoms with Gasteiger partial charge in [0.1, 0.15) is 0 Å². The van der Waals surface area contributed by atoms with Gasteiger partial charge in [-0.25, -0.2) is 0 Å². The van der Waals surface area contributed by atoms with Crippen LogP contribution in [0.1, 0.15) is 85.0 Å². The molecule has 0 rings (SSSR count). The molecule has 0 aliphatic rings. The van der Waals surface area contributed by atoms with E-state index in [0.29, 0.717) is 0 Å². The van der Waals surface area contributed by atoms with Crippen molar-refractivity contribution >= 4 is 0 Å². The highest BCUT2D eigenvalue weighted by atomic mass is 16.7. The monoisotopic (exact) mass is 282 g/mol. The number of hydrogen-bond acceptors (Lipinski definition) is 2. The minimum Gasteiger partial charge on any atom is -0.353 e. The van der Waals surface area contributed by atoms with Crippen LogP contribution in [-0.2, 0) is 9.47 Å². The summed E-state index contributed by atoms with van der Waals surface area (Å²) in [5.74, 6) is 6.52. The zero-order valence-electron chi connectivity index (χ0n) is 13.9. The van der Waals surface area contributed by atoms with Gasteiger partial charge in [-0.1, -0.05) is 32.6 Å². The SMILES string of the molecule is CCCCC#CCCCCCCCC(OCC)OCC. The van der Waals surface area contributed by atoms with Gasteiger partial charge in [-0.05, 0) is 39.5 Å². The van der Waals surface area contributed by atoms with Crippen molar-refractivity contribution in [2.24, 2.45) is 0 Å². The molecule has 0 unspecified atom stereocenters. The smallest absolute Gasteiger partial charge is 0.157 e. The molecule has 0 spiro atoms. The second-order valence-electron chi connectivity index (χ2n) is 5.10. The van der Waals surface area contributed by atoms with Crippen LogP contribution in [-0.4, -0.2) is 19.5 Å². The molecule has 20 heavy (non-hydrogen) atoms. The third-order valence-electron chi connectivity index (χ3n) is 3.23. The number of rotatable bonds is 13. The van der Waals surface area contributed by atoms with Crippen LogP contribution in [0.2, 0.25) is 0 Å². The molecular weight excluding hydrogens is 248 g/mol. The summed E-state index contributed by atoms with van der Waals surface area (Å²) in [6.45, 7) is 7.73. The van der Waals surface area contributed by atoms with Crippen LogP contribution in [0.15, 0.2) is 0 Å². The van der Waals surface area contributed by atoms with E-state index in [0.717, 1.165) is 32.5 Å². The van der Waals surface area contributed by atoms with Gasteiger partial charge in [-0.2, -0.15) is 0 Å². The van der Waals surface area contributed by atoms with Crippen molar-refractivity contribution < 1.29 is 9.47 Å². The molecule has 0 N–H and O–H groups in total. The number of hydrogen-bond donors (Lipinski definition) is 0. The van der Waals surface area contributed by atoms with Crippen LogP contribution >= 0.6 is 0 Å². The van der Waals surface area contributed by atoms with Crippen molar-refractivity contribution in [2.75, 3.05) is 13.2 Å². The van der Waals surface area contributed by atoms with Crippen molar-refractivity contribution in [2.45, 2.75) is 91.3 Å². The molecule has 0 aromatic heterocycles. The molecule has 0 aliphatic heterocycles. The van der Waals surface area contributed by atoms with E-state index in [1.807, 2.05) is 13.8 Å². The summed E-state index contributed by atoms with van der Waals surface area (Å²) in [5.41, 5.74) is 0. The Bertz CT molecular complexity index is 234. The molecule has 0 saturated carbocycles. The Hall–Kier alpha value is -0.520. The summed E-state index contributed by atoms with van der Waals surface area (Å²) in [6, 6.07) is 0. The first-order valence-electron chi connectivity index (χ1n) is 8.54. The van der Waals surface area contributed by atoms with E-state index in [1.54, 1.807) is 0 Å². The predicted octanol–water partition coefficient (Wildman–Crippen LogP) is 5.31. The average molecular weight is 282 g/mol. The molecule has 0 fully saturated rings. The second-order valence-corrected chi connectivity index (χ2v) is 5.10. The van der Waals surface area contributed by atoms with Gasteiger partial charge >= 0.3 is 0 Å². The van der Waals surface area contributed by atoms with Crippen LogP contribution in [0, 0.1) is 11.8 Å². The highest BCUT2D eigenvalue weighted by molar-refractivity contribution is 4.98. The molecular formula is C18H34O2. The van der Waals surface area contributed by atoms with E-state index in [9.17, 15) is 0 Å². The van der Waals surface area contributed by atoms with Crippen molar-refractivity contribution in [3.8, 4) is 11.8 Å². The molecule has 0 saturated heterocycles. The molecule has 0 atom stereocenters. The largest absolute Gasteiger partial charge is 0.353 e. The molecule has 0 radical (unpaired) electrons. The van der Waals surface area contributed by atoms with Gasteiger partial charge in [0.05, 0.1) is 0 Å². The predicted molar refractivity (Wildman–Crippen MR) is 86.7 cm³/mol. The van der Waals surface area contributed by atoms with Gasteiger partial charge < -0.3 is 9.47 Å². The molecule has 0 heterocycles. The highest BCUT2D eigenvalue weighted by Crippen LogP contribution is 2.11. The Balaban J connectivity index is 3.31. The third-order valence-corrected chi connectivity index (χ3v) is 3.23. The number of unbranched alkanes of at least 4 members (excludes halogenated alkanes) is 7. The Labute approximate surface area is 126 Å². The maximum atomic E-state index is 5.53. The molecule has 2 nitrogen and oxygen atoms in total. The Morgan fingerprint density at radius 1 is 0.700 bits per heavy atom. The lowest BCUT2D eigenvalue weighted by atomic mass is 10.1. The fourth-order valence-electron chi connectivity index (χ4n) is 2.08. The van der Waals surface area contributed by atoms with Crippen LogP contribution in [0.4, 0.5) is 0 Å². The van der Waals surface area contributed by atoms with Crippen molar-refractivity contribution in [3.63, 3.8) is 0 Å². The molecule has 118 valence electrons. The number of ether oxygens (including phenoxy) is 2. The minimum absolute atomic E-state index is 0.00873. The summed E-state index contributed by atoms with van der Waals surface area (Å²) in [5, 5.41) is 0. The maximum Gasteiger partial charge on any atom is 0.157 e. The van der Waals surface area contributed by atoms with Gasteiger partial charge in [-0.15, -0.1) is 11.8 Å². The quantitative estimate of drug-likeness (QED) is 0.259. The fourth-order valence-corrected chi connectivity index (χ4v) is 2.08. The summed E-state index contributed by atoms with van der Waals surface area (Å²) < 4.78 is 11.1. The molecule has 0 bridgehead atoms. The molecule has 0 aliphatic carbocycles. The Morgan fingerprint density at radius 2 is 1.25 bits per heavy atom. The van der Waals surface area contributed by atoms with Crippen LogP contribution in [0.3, 0.4) is 0 Å². The lowest BCUT2D eigenvalue weighted by Gasteiger charge is -2.16. The first-order chi connectivity index (χ1) is 9.85. The molecule has 0 amide bonds. The van der Waals surface area contributed by atoms with E-state index in [1.165, 1.54) is 44.9 Å².